The quantitative estimate of drug-likeness (QED) is 0.0932. The van der Waals surface area contributed by atoms with Crippen molar-refractivity contribution in [3.63, 3.8) is 0 Å². The van der Waals surface area contributed by atoms with Crippen molar-refractivity contribution < 1.29 is 40.2 Å². The molecule has 0 saturated heterocycles. The lowest BCUT2D eigenvalue weighted by atomic mass is 10.0. The van der Waals surface area contributed by atoms with E-state index >= 15 is 0 Å². The van der Waals surface area contributed by atoms with Gasteiger partial charge in [0, 0.05) is 117 Å². The highest BCUT2D eigenvalue weighted by molar-refractivity contribution is 7.11. The Morgan fingerprint density at radius 3 is 1.62 bits per heavy atom. The zero-order valence-corrected chi connectivity index (χ0v) is 83.6. The molecular formula is C99H168N16OS3+8. The van der Waals surface area contributed by atoms with Gasteiger partial charge < -0.3 is 25.0 Å². The Hall–Kier alpha value is -6.32. The van der Waals surface area contributed by atoms with E-state index in [0.29, 0.717) is 96.2 Å². The van der Waals surface area contributed by atoms with Gasteiger partial charge in [-0.1, -0.05) is 66.7 Å². The molecule has 0 bridgehead atoms. The highest BCUT2D eigenvalue weighted by atomic mass is 32.1. The van der Waals surface area contributed by atoms with E-state index < -0.39 is 0 Å². The van der Waals surface area contributed by atoms with Crippen LogP contribution in [0.4, 0.5) is 22.1 Å². The molecule has 8 aliphatic rings. The van der Waals surface area contributed by atoms with E-state index in [0.717, 1.165) is 45.0 Å². The van der Waals surface area contributed by atoms with Crippen LogP contribution in [0.5, 0.6) is 5.88 Å². The normalized spacial score (nSPS) is 15.7. The molecule has 8 aromatic heterocycles. The number of pyridine rings is 3. The summed E-state index contributed by atoms with van der Waals surface area (Å²) in [6.07, 6.45) is 29.0. The Bertz CT molecular complexity index is 4290. The molecule has 13 heterocycles. The van der Waals surface area contributed by atoms with Crippen LogP contribution in [0.2, 0.25) is 0 Å². The van der Waals surface area contributed by atoms with Gasteiger partial charge in [-0.25, -0.2) is 19.6 Å². The predicted octanol–water partition coefficient (Wildman–Crippen LogP) is 19.9. The Labute approximate surface area is 736 Å². The van der Waals surface area contributed by atoms with Crippen molar-refractivity contribution in [3.8, 4) is 5.88 Å². The summed E-state index contributed by atoms with van der Waals surface area (Å²) >= 11 is 5.95. The van der Waals surface area contributed by atoms with Crippen molar-refractivity contribution >= 4 is 56.5 Å². The molecule has 5 aliphatic heterocycles. The lowest BCUT2D eigenvalue weighted by molar-refractivity contribution is -0.763. The van der Waals surface area contributed by atoms with Crippen LogP contribution in [0.1, 0.15) is 396 Å². The minimum atomic E-state index is 0.432. The molecule has 0 atom stereocenters. The van der Waals surface area contributed by atoms with Gasteiger partial charge in [-0.2, -0.15) is 23.0 Å². The number of hydrazine groups is 2. The molecule has 0 unspecified atom stereocenters. The van der Waals surface area contributed by atoms with Crippen molar-refractivity contribution in [2.75, 3.05) is 53.0 Å². The van der Waals surface area contributed by atoms with Gasteiger partial charge in [-0.05, 0) is 248 Å². The van der Waals surface area contributed by atoms with Crippen LogP contribution in [0.3, 0.4) is 0 Å². The monoisotopic (exact) mass is 1690 g/mol. The molecule has 0 aromatic carbocycles. The zero-order chi connectivity index (χ0) is 87.5. The van der Waals surface area contributed by atoms with E-state index in [1.165, 1.54) is 141 Å². The maximum atomic E-state index is 5.82. The topological polar surface area (TPSA) is 87.2 Å². The minimum Gasteiger partial charge on any atom is -0.441 e. The summed E-state index contributed by atoms with van der Waals surface area (Å²) in [5.41, 5.74) is 26.4. The first-order valence-corrected chi connectivity index (χ1v) is 49.4. The predicted molar refractivity (Wildman–Crippen MR) is 500 cm³/mol. The van der Waals surface area contributed by atoms with Crippen LogP contribution in [0, 0.1) is 0 Å². The first-order valence-electron chi connectivity index (χ1n) is 47.0. The molecule has 660 valence electrons. The second kappa shape index (κ2) is 43.3. The molecule has 0 saturated carbocycles. The largest absolute Gasteiger partial charge is 0.441 e. The lowest BCUT2D eigenvalue weighted by Gasteiger charge is -2.33. The molecule has 0 amide bonds. The average Bonchev–Trinajstić information content (AvgIpc) is 1.58. The number of aryl methyl sites for hydroxylation is 1. The number of imidazole rings is 1. The fraction of sp³-hybridized carbons (Fsp3) is 0.697. The molecule has 0 radical (unpaired) electrons. The second-order valence-electron chi connectivity index (χ2n) is 39.1. The third-order valence-corrected chi connectivity index (χ3v) is 29.2. The lowest BCUT2D eigenvalue weighted by Crippen LogP contribution is -2.52. The number of ether oxygens (including phenoxy) is 1. The summed E-state index contributed by atoms with van der Waals surface area (Å²) in [6, 6.07) is 19.6. The van der Waals surface area contributed by atoms with E-state index in [-0.39, 0.29) is 0 Å². The van der Waals surface area contributed by atoms with Gasteiger partial charge in [0.15, 0.2) is 102 Å². The Balaban J connectivity index is 0.000000155. The Kier molecular flexibility index (Phi) is 35.1. The highest BCUT2D eigenvalue weighted by Crippen LogP contribution is 2.37. The number of nitrogens with one attached hydrogen (secondary N) is 2. The molecule has 119 heavy (non-hydrogen) atoms. The van der Waals surface area contributed by atoms with Crippen molar-refractivity contribution in [3.05, 3.63) is 145 Å². The van der Waals surface area contributed by atoms with Gasteiger partial charge in [0.25, 0.3) is 5.82 Å². The fourth-order valence-corrected chi connectivity index (χ4v) is 22.8. The molecular weight excluding hydrogens is 1530 g/mol. The summed E-state index contributed by atoms with van der Waals surface area (Å²) in [5.74, 6) is 5.20. The molecule has 17 nitrogen and oxygen atoms in total. The molecule has 3 aliphatic carbocycles. The van der Waals surface area contributed by atoms with Crippen molar-refractivity contribution in [2.24, 2.45) is 7.05 Å². The van der Waals surface area contributed by atoms with Crippen molar-refractivity contribution in [2.45, 2.75) is 414 Å². The number of thiazole rings is 1. The van der Waals surface area contributed by atoms with Crippen LogP contribution in [-0.4, -0.2) is 71.2 Å². The summed E-state index contributed by atoms with van der Waals surface area (Å²) in [6.45, 7) is 78.6. The number of hydrogen-bond acceptors (Lipinski definition) is 10. The van der Waals surface area contributed by atoms with Gasteiger partial charge in [0.05, 0.1) is 52.6 Å². The van der Waals surface area contributed by atoms with E-state index in [1.807, 2.05) is 34.4 Å². The summed E-state index contributed by atoms with van der Waals surface area (Å²) < 4.78 is 30.1. The van der Waals surface area contributed by atoms with Crippen LogP contribution in [0.15, 0.2) is 67.4 Å². The van der Waals surface area contributed by atoms with Crippen molar-refractivity contribution in [1.82, 2.24) is 19.7 Å². The molecule has 0 spiro atoms. The molecule has 8 aromatic rings. The van der Waals surface area contributed by atoms with Crippen LogP contribution >= 0.6 is 34.4 Å². The van der Waals surface area contributed by atoms with Gasteiger partial charge in [-0.15, -0.1) is 12.6 Å². The van der Waals surface area contributed by atoms with Gasteiger partial charge in [0.2, 0.25) is 22.1 Å². The smallest absolute Gasteiger partial charge is 0.392 e. The van der Waals surface area contributed by atoms with Crippen molar-refractivity contribution in [1.29, 1.82) is 0 Å². The minimum absolute atomic E-state index is 0.432. The third-order valence-electron chi connectivity index (χ3n) is 24.5. The SMILES string of the molecule is CC(C)N1CCOc2c1ccc[n+]2C(C)C.CC(C)N1CCc2c(ccc[n+]2C(C)C)N1.CC(C)N1CCc2c[n+](C(C)C)sc21.CC(C)N1NCCc2c1ccc[n+]2C(C)C.CC(C)c1c2c(n(C(C)C)[n+]1C)CCC2.CC(C)c1c[n+](C(C)C)c2n1CCC2.CC(C)c1s[n+](C(C)C)c2c1CCC2.CC(C)c1sc2c([n+]1C(C)C)CCC2. The first kappa shape index (κ1) is 96.5. The third kappa shape index (κ3) is 23.0. The fourth-order valence-electron chi connectivity index (χ4n) is 18.8. The number of anilines is 4. The van der Waals surface area contributed by atoms with Gasteiger partial charge in [0.1, 0.15) is 41.4 Å². The van der Waals surface area contributed by atoms with E-state index in [9.17, 15) is 0 Å². The van der Waals surface area contributed by atoms with Gasteiger partial charge in [-0.3, -0.25) is 0 Å². The number of fused-ring (bicyclic) bond motifs is 8. The molecule has 0 fully saturated rings. The maximum Gasteiger partial charge on any atom is 0.392 e. The van der Waals surface area contributed by atoms with E-state index in [2.05, 4.69) is 371 Å². The maximum absolute atomic E-state index is 5.82. The molecule has 2 N–H and O–H groups in total. The number of hydrogen-bond donors (Lipinski definition) is 2. The Morgan fingerprint density at radius 2 is 1.05 bits per heavy atom. The van der Waals surface area contributed by atoms with Crippen LogP contribution < -0.4 is 65.8 Å². The first-order chi connectivity index (χ1) is 56.3. The molecule has 16 rings (SSSR count). The zero-order valence-electron chi connectivity index (χ0n) is 81.1. The average molecular weight is 1690 g/mol. The van der Waals surface area contributed by atoms with Gasteiger partial charge >= 0.3 is 5.88 Å². The molecule has 20 heteroatoms. The summed E-state index contributed by atoms with van der Waals surface area (Å²) in [5, 5.41) is 7.64. The van der Waals surface area contributed by atoms with E-state index in [1.54, 1.807) is 48.7 Å². The Morgan fingerprint density at radius 1 is 0.445 bits per heavy atom. The second-order valence-corrected chi connectivity index (χ2v) is 42.2. The summed E-state index contributed by atoms with van der Waals surface area (Å²) in [4.78, 5) is 8.20. The highest BCUT2D eigenvalue weighted by Gasteiger charge is 2.39. The number of nitrogens with zero attached hydrogens (tertiary/aromatic N) is 14. The number of aromatic nitrogens is 10. The van der Waals surface area contributed by atoms with Crippen LogP contribution in [0.25, 0.3) is 0 Å². The number of rotatable bonds is 16. The van der Waals surface area contributed by atoms with E-state index in [4.69, 9.17) is 4.74 Å². The summed E-state index contributed by atoms with van der Waals surface area (Å²) in [7, 11) is 2.22. The standard InChI is InChI=1S/2C13H22N3.C13H21N2O.C13H23N2.C12H21N2.2C12H20NS.C11H19N2S/c1-10(2)15-9-5-6-13-12(15)7-8-14-16(13)11(3)4;1-10(2)15-8-5-6-12-13(15)7-9-16(14-12)11(3)4;1-10(2)14-8-9-16-13-12(14)6-5-7-15(13)11(3)4;1-9(2)13-11-7-6-8-12(11)15(10(3)4)14(13)5;1-9(2)11-8-14(10(3)4)12-6-5-7-13(11)12;1-8(2)12-13(9(3)4)10-6-5-7-11(10)14-12;1-8(2)12-10-6-5-7-11(10)13(14-12)9(3)4;1-8(2)12-6-5-10-7-13(9(3)4)14-11(10)12/h5-6,9-11,14H,7-8H2,1-4H3;5-6,8,10-11,14H,7,9H2,1-4H3;5-7,10-11H,8-9H2,1-4H3;9-10H,6-8H2,1-5H3;8-10H,5-7H2,1-4H3;2*8-9H,5-7H2,1-4H3;7-9H,5-6H2,1-4H3/q8*+1. The van der Waals surface area contributed by atoms with Crippen LogP contribution in [-0.2, 0) is 77.8 Å².